The summed E-state index contributed by atoms with van der Waals surface area (Å²) in [5, 5.41) is 0. The smallest absolute Gasteiger partial charge is 0.118 e. The van der Waals surface area contributed by atoms with E-state index in [1.807, 2.05) is 55.5 Å². The minimum atomic E-state index is 0.725. The van der Waals surface area contributed by atoms with E-state index in [1.165, 1.54) is 0 Å². The number of hydrogen-bond acceptors (Lipinski definition) is 3. The fourth-order valence-corrected chi connectivity index (χ4v) is 2.45. The zero-order valence-electron chi connectivity index (χ0n) is 12.7. The van der Waals surface area contributed by atoms with Crippen molar-refractivity contribution in [2.24, 2.45) is 0 Å². The second kappa shape index (κ2) is 5.90. The van der Waals surface area contributed by atoms with Crippen LogP contribution in [0.3, 0.4) is 0 Å². The van der Waals surface area contributed by atoms with Crippen LogP contribution >= 0.6 is 0 Å². The number of hydrogen-bond donors (Lipinski definition) is 1. The number of ether oxygens (including phenoxy) is 1. The first-order chi connectivity index (χ1) is 10.7. The van der Waals surface area contributed by atoms with Gasteiger partial charge >= 0.3 is 0 Å². The maximum atomic E-state index is 6.22. The van der Waals surface area contributed by atoms with Crippen molar-refractivity contribution in [1.82, 2.24) is 4.98 Å². The molecule has 0 amide bonds. The highest BCUT2D eigenvalue weighted by molar-refractivity contribution is 5.81. The van der Waals surface area contributed by atoms with Crippen molar-refractivity contribution in [3.63, 3.8) is 0 Å². The van der Waals surface area contributed by atoms with Crippen molar-refractivity contribution in [3.05, 3.63) is 66.4 Å². The third-order valence-electron chi connectivity index (χ3n) is 3.72. The predicted octanol–water partition coefficient (Wildman–Crippen LogP) is 4.31. The molecule has 0 fully saturated rings. The lowest BCUT2D eigenvalue weighted by atomic mass is 10.0. The number of nitrogen functional groups attached to an aromatic ring is 1. The van der Waals surface area contributed by atoms with E-state index in [2.05, 4.69) is 17.1 Å². The largest absolute Gasteiger partial charge is 0.497 e. The van der Waals surface area contributed by atoms with Gasteiger partial charge in [0.05, 0.1) is 24.2 Å². The summed E-state index contributed by atoms with van der Waals surface area (Å²) in [7, 11) is 1.66. The Morgan fingerprint density at radius 2 is 1.59 bits per heavy atom. The molecule has 110 valence electrons. The van der Waals surface area contributed by atoms with E-state index in [4.69, 9.17) is 10.5 Å². The SMILES string of the molecule is COc1ccc(-c2cc(-c3ccccc3)c(N)c(C)n2)cc1. The van der Waals surface area contributed by atoms with Crippen LogP contribution in [0.5, 0.6) is 5.75 Å². The van der Waals surface area contributed by atoms with Gasteiger partial charge < -0.3 is 10.5 Å². The summed E-state index contributed by atoms with van der Waals surface area (Å²) in [6.45, 7) is 1.94. The number of nitrogens with two attached hydrogens (primary N) is 1. The second-order valence-electron chi connectivity index (χ2n) is 5.15. The molecule has 0 atom stereocenters. The fourth-order valence-electron chi connectivity index (χ4n) is 2.45. The summed E-state index contributed by atoms with van der Waals surface area (Å²) in [4.78, 5) is 4.62. The van der Waals surface area contributed by atoms with E-state index in [0.717, 1.165) is 39.5 Å². The number of methoxy groups -OCH3 is 1. The molecule has 3 rings (SSSR count). The van der Waals surface area contributed by atoms with Crippen LogP contribution in [0.25, 0.3) is 22.4 Å². The van der Waals surface area contributed by atoms with Crippen LogP contribution in [0, 0.1) is 6.92 Å². The van der Waals surface area contributed by atoms with Gasteiger partial charge in [0.25, 0.3) is 0 Å². The first-order valence-corrected chi connectivity index (χ1v) is 7.16. The Balaban J connectivity index is 2.11. The predicted molar refractivity (Wildman–Crippen MR) is 90.8 cm³/mol. The third kappa shape index (κ3) is 2.66. The van der Waals surface area contributed by atoms with Gasteiger partial charge in [-0.2, -0.15) is 0 Å². The van der Waals surface area contributed by atoms with Gasteiger partial charge in [-0.1, -0.05) is 30.3 Å². The van der Waals surface area contributed by atoms with Crippen molar-refractivity contribution >= 4 is 5.69 Å². The van der Waals surface area contributed by atoms with Gasteiger partial charge in [0.2, 0.25) is 0 Å². The molecule has 3 nitrogen and oxygen atoms in total. The molecule has 0 aliphatic heterocycles. The van der Waals surface area contributed by atoms with Crippen LogP contribution < -0.4 is 10.5 Å². The number of aromatic nitrogens is 1. The summed E-state index contributed by atoms with van der Waals surface area (Å²) in [6.07, 6.45) is 0. The molecule has 0 bridgehead atoms. The van der Waals surface area contributed by atoms with E-state index in [-0.39, 0.29) is 0 Å². The Morgan fingerprint density at radius 1 is 0.909 bits per heavy atom. The third-order valence-corrected chi connectivity index (χ3v) is 3.72. The molecule has 2 N–H and O–H groups in total. The minimum Gasteiger partial charge on any atom is -0.497 e. The number of pyridine rings is 1. The maximum Gasteiger partial charge on any atom is 0.118 e. The molecule has 0 aliphatic rings. The minimum absolute atomic E-state index is 0.725. The van der Waals surface area contributed by atoms with Gasteiger partial charge in [-0.25, -0.2) is 0 Å². The highest BCUT2D eigenvalue weighted by Gasteiger charge is 2.10. The van der Waals surface area contributed by atoms with Crippen LogP contribution in [0.1, 0.15) is 5.69 Å². The van der Waals surface area contributed by atoms with Gasteiger partial charge in [0.15, 0.2) is 0 Å². The average Bonchev–Trinajstić information content (AvgIpc) is 2.58. The first-order valence-electron chi connectivity index (χ1n) is 7.16. The van der Waals surface area contributed by atoms with Gasteiger partial charge in [-0.15, -0.1) is 0 Å². The highest BCUT2D eigenvalue weighted by Crippen LogP contribution is 2.32. The quantitative estimate of drug-likeness (QED) is 0.781. The number of aryl methyl sites for hydroxylation is 1. The maximum absolute atomic E-state index is 6.22. The summed E-state index contributed by atoms with van der Waals surface area (Å²) < 4.78 is 5.20. The number of rotatable bonds is 3. The Labute approximate surface area is 130 Å². The standard InChI is InChI=1S/C19H18N2O/c1-13-19(20)17(14-6-4-3-5-7-14)12-18(21-13)15-8-10-16(22-2)11-9-15/h3-12H,20H2,1-2H3. The Morgan fingerprint density at radius 3 is 2.23 bits per heavy atom. The molecule has 1 heterocycles. The van der Waals surface area contributed by atoms with E-state index in [9.17, 15) is 0 Å². The van der Waals surface area contributed by atoms with Crippen molar-refractivity contribution in [2.45, 2.75) is 6.92 Å². The number of benzene rings is 2. The summed E-state index contributed by atoms with van der Waals surface area (Å²) in [5.41, 5.74) is 11.9. The Hall–Kier alpha value is -2.81. The van der Waals surface area contributed by atoms with Crippen molar-refractivity contribution in [3.8, 4) is 28.1 Å². The lowest BCUT2D eigenvalue weighted by Crippen LogP contribution is -1.98. The van der Waals surface area contributed by atoms with E-state index < -0.39 is 0 Å². The number of nitrogens with zero attached hydrogens (tertiary/aromatic N) is 1. The molecular formula is C19H18N2O. The molecule has 22 heavy (non-hydrogen) atoms. The molecule has 0 saturated carbocycles. The zero-order valence-corrected chi connectivity index (χ0v) is 12.7. The summed E-state index contributed by atoms with van der Waals surface area (Å²) in [5.74, 6) is 0.833. The highest BCUT2D eigenvalue weighted by atomic mass is 16.5. The van der Waals surface area contributed by atoms with Gasteiger partial charge in [-0.05, 0) is 42.8 Å². The monoisotopic (exact) mass is 290 g/mol. The topological polar surface area (TPSA) is 48.1 Å². The first kappa shape index (κ1) is 14.1. The molecule has 0 saturated heterocycles. The van der Waals surface area contributed by atoms with E-state index in [1.54, 1.807) is 7.11 Å². The molecule has 1 aromatic heterocycles. The van der Waals surface area contributed by atoms with Crippen LogP contribution in [-0.4, -0.2) is 12.1 Å². The normalized spacial score (nSPS) is 10.5. The Bertz CT molecular complexity index is 781. The lowest BCUT2D eigenvalue weighted by molar-refractivity contribution is 0.415. The van der Waals surface area contributed by atoms with Crippen molar-refractivity contribution in [1.29, 1.82) is 0 Å². The summed E-state index contributed by atoms with van der Waals surface area (Å²) in [6, 6.07) is 20.1. The molecular weight excluding hydrogens is 272 g/mol. The van der Waals surface area contributed by atoms with Gasteiger partial charge in [-0.3, -0.25) is 4.98 Å². The van der Waals surface area contributed by atoms with Crippen LogP contribution in [0.2, 0.25) is 0 Å². The molecule has 2 aromatic carbocycles. The van der Waals surface area contributed by atoms with Crippen molar-refractivity contribution < 1.29 is 4.74 Å². The van der Waals surface area contributed by atoms with Crippen LogP contribution in [0.15, 0.2) is 60.7 Å². The molecule has 0 radical (unpaired) electrons. The molecule has 3 aromatic rings. The zero-order chi connectivity index (χ0) is 15.5. The fraction of sp³-hybridized carbons (Fsp3) is 0.105. The van der Waals surface area contributed by atoms with Gasteiger partial charge in [0.1, 0.15) is 5.75 Å². The molecule has 3 heteroatoms. The molecule has 0 unspecified atom stereocenters. The van der Waals surface area contributed by atoms with E-state index in [0.29, 0.717) is 0 Å². The van der Waals surface area contributed by atoms with E-state index >= 15 is 0 Å². The Kier molecular flexibility index (Phi) is 3.79. The molecule has 0 aliphatic carbocycles. The number of anilines is 1. The molecule has 0 spiro atoms. The van der Waals surface area contributed by atoms with Gasteiger partial charge in [0, 0.05) is 11.1 Å². The van der Waals surface area contributed by atoms with Crippen LogP contribution in [-0.2, 0) is 0 Å². The summed E-state index contributed by atoms with van der Waals surface area (Å²) >= 11 is 0. The second-order valence-corrected chi connectivity index (χ2v) is 5.15. The van der Waals surface area contributed by atoms with Crippen LogP contribution in [0.4, 0.5) is 5.69 Å². The van der Waals surface area contributed by atoms with Crippen molar-refractivity contribution in [2.75, 3.05) is 12.8 Å². The lowest BCUT2D eigenvalue weighted by Gasteiger charge is -2.12. The average molecular weight is 290 g/mol.